The van der Waals surface area contributed by atoms with E-state index in [1.54, 1.807) is 30.1 Å². The predicted molar refractivity (Wildman–Crippen MR) is 92.3 cm³/mol. The van der Waals surface area contributed by atoms with Gasteiger partial charge in [-0.3, -0.25) is 9.59 Å². The number of ether oxygens (including phenoxy) is 1. The summed E-state index contributed by atoms with van der Waals surface area (Å²) in [5.41, 5.74) is 2.16. The molecule has 1 aliphatic rings. The molecule has 0 radical (unpaired) electrons. The molecular formula is C19H20N2O3. The molecule has 1 aliphatic heterocycles. The number of anilines is 1. The Hall–Kier alpha value is -2.82. The van der Waals surface area contributed by atoms with Crippen LogP contribution in [0.4, 0.5) is 5.69 Å². The zero-order valence-corrected chi connectivity index (χ0v) is 13.8. The Morgan fingerprint density at radius 3 is 2.71 bits per heavy atom. The smallest absolute Gasteiger partial charge is 0.251 e. The fourth-order valence-electron chi connectivity index (χ4n) is 2.70. The van der Waals surface area contributed by atoms with Crippen molar-refractivity contribution in [2.24, 2.45) is 0 Å². The van der Waals surface area contributed by atoms with Gasteiger partial charge >= 0.3 is 0 Å². The first-order valence-corrected chi connectivity index (χ1v) is 7.95. The number of nitrogens with zero attached hydrogens (tertiary/aromatic N) is 1. The third-order valence-electron chi connectivity index (χ3n) is 4.18. The van der Waals surface area contributed by atoms with E-state index in [0.29, 0.717) is 30.0 Å². The molecule has 0 saturated carbocycles. The first-order chi connectivity index (χ1) is 11.6. The van der Waals surface area contributed by atoms with E-state index in [1.807, 2.05) is 37.3 Å². The van der Waals surface area contributed by atoms with Gasteiger partial charge in [0.1, 0.15) is 5.75 Å². The van der Waals surface area contributed by atoms with Crippen molar-refractivity contribution in [2.75, 3.05) is 18.6 Å². The number of rotatable bonds is 3. The number of nitrogens with one attached hydrogen (secondary N) is 1. The Morgan fingerprint density at radius 2 is 1.96 bits per heavy atom. The molecule has 1 atom stereocenters. The summed E-state index contributed by atoms with van der Waals surface area (Å²) >= 11 is 0. The van der Waals surface area contributed by atoms with E-state index >= 15 is 0 Å². The van der Waals surface area contributed by atoms with Crippen LogP contribution in [-0.4, -0.2) is 25.5 Å². The third-order valence-corrected chi connectivity index (χ3v) is 4.18. The van der Waals surface area contributed by atoms with Crippen molar-refractivity contribution < 1.29 is 14.3 Å². The molecule has 1 N–H and O–H groups in total. The fourth-order valence-corrected chi connectivity index (χ4v) is 2.70. The highest BCUT2D eigenvalue weighted by Gasteiger charge is 2.22. The summed E-state index contributed by atoms with van der Waals surface area (Å²) < 4.78 is 5.58. The molecule has 1 unspecified atom stereocenters. The number of carbonyl (C=O) groups excluding carboxylic acids is 2. The second-order valence-electron chi connectivity index (χ2n) is 5.84. The van der Waals surface area contributed by atoms with Crippen molar-refractivity contribution in [1.29, 1.82) is 0 Å². The predicted octanol–water partition coefficient (Wildman–Crippen LogP) is 2.92. The molecule has 2 aromatic carbocycles. The van der Waals surface area contributed by atoms with Gasteiger partial charge in [0.15, 0.2) is 0 Å². The van der Waals surface area contributed by atoms with Gasteiger partial charge in [-0.2, -0.15) is 0 Å². The first kappa shape index (κ1) is 16.1. The van der Waals surface area contributed by atoms with Crippen LogP contribution in [0.3, 0.4) is 0 Å². The maximum Gasteiger partial charge on any atom is 0.251 e. The van der Waals surface area contributed by atoms with E-state index < -0.39 is 0 Å². The van der Waals surface area contributed by atoms with Crippen molar-refractivity contribution in [3.8, 4) is 5.75 Å². The van der Waals surface area contributed by atoms with Crippen LogP contribution in [0.15, 0.2) is 48.5 Å². The molecule has 0 saturated heterocycles. The zero-order chi connectivity index (χ0) is 17.1. The van der Waals surface area contributed by atoms with Crippen LogP contribution >= 0.6 is 0 Å². The van der Waals surface area contributed by atoms with Crippen molar-refractivity contribution >= 4 is 17.5 Å². The molecule has 5 heteroatoms. The Balaban J connectivity index is 1.81. The van der Waals surface area contributed by atoms with Gasteiger partial charge in [0.05, 0.1) is 24.8 Å². The molecular weight excluding hydrogens is 304 g/mol. The Labute approximate surface area is 141 Å². The lowest BCUT2D eigenvalue weighted by Crippen LogP contribution is -2.28. The van der Waals surface area contributed by atoms with E-state index in [9.17, 15) is 9.59 Å². The van der Waals surface area contributed by atoms with Crippen molar-refractivity contribution in [3.63, 3.8) is 0 Å². The minimum absolute atomic E-state index is 0.0241. The van der Waals surface area contributed by atoms with Crippen LogP contribution in [0.25, 0.3) is 0 Å². The average molecular weight is 324 g/mol. The molecule has 24 heavy (non-hydrogen) atoms. The molecule has 3 rings (SSSR count). The molecule has 0 fully saturated rings. The van der Waals surface area contributed by atoms with Gasteiger partial charge in [-0.15, -0.1) is 0 Å². The second kappa shape index (κ2) is 6.74. The summed E-state index contributed by atoms with van der Waals surface area (Å²) in [5.74, 6) is 0.416. The molecule has 0 aliphatic carbocycles. The standard InChI is InChI=1S/C19H20N2O3/c1-13(14-6-4-3-5-7-14)20-19(23)15-8-9-17-16(12-15)21(2)18(22)10-11-24-17/h3-9,12-13H,10-11H2,1-2H3,(H,20,23). The van der Waals surface area contributed by atoms with Crippen LogP contribution in [0.1, 0.15) is 35.3 Å². The van der Waals surface area contributed by atoms with Gasteiger partial charge < -0.3 is 15.0 Å². The monoisotopic (exact) mass is 324 g/mol. The van der Waals surface area contributed by atoms with Gasteiger partial charge in [-0.05, 0) is 30.7 Å². The maximum absolute atomic E-state index is 12.5. The summed E-state index contributed by atoms with van der Waals surface area (Å²) in [6.45, 7) is 2.29. The molecule has 2 amide bonds. The number of benzene rings is 2. The van der Waals surface area contributed by atoms with Crippen molar-refractivity contribution in [3.05, 3.63) is 59.7 Å². The van der Waals surface area contributed by atoms with E-state index in [1.165, 1.54) is 0 Å². The summed E-state index contributed by atoms with van der Waals surface area (Å²) in [6, 6.07) is 14.8. The van der Waals surface area contributed by atoms with E-state index in [2.05, 4.69) is 5.32 Å². The Bertz CT molecular complexity index is 758. The summed E-state index contributed by atoms with van der Waals surface area (Å²) in [6.07, 6.45) is 0.331. The number of amides is 2. The molecule has 0 aromatic heterocycles. The number of hydrogen-bond donors (Lipinski definition) is 1. The summed E-state index contributed by atoms with van der Waals surface area (Å²) in [4.78, 5) is 26.0. The third kappa shape index (κ3) is 3.25. The Kier molecular flexibility index (Phi) is 4.51. The molecule has 5 nitrogen and oxygen atoms in total. The van der Waals surface area contributed by atoms with Crippen LogP contribution in [0.5, 0.6) is 5.75 Å². The van der Waals surface area contributed by atoms with E-state index in [-0.39, 0.29) is 17.9 Å². The first-order valence-electron chi connectivity index (χ1n) is 7.95. The van der Waals surface area contributed by atoms with Gasteiger partial charge in [-0.1, -0.05) is 30.3 Å². The van der Waals surface area contributed by atoms with E-state index in [0.717, 1.165) is 5.56 Å². The normalized spacial score (nSPS) is 15.1. The highest BCUT2D eigenvalue weighted by molar-refractivity contribution is 5.99. The average Bonchev–Trinajstić information content (AvgIpc) is 2.74. The molecule has 124 valence electrons. The quantitative estimate of drug-likeness (QED) is 0.944. The largest absolute Gasteiger partial charge is 0.491 e. The number of hydrogen-bond acceptors (Lipinski definition) is 3. The lowest BCUT2D eigenvalue weighted by molar-refractivity contribution is -0.118. The van der Waals surface area contributed by atoms with Crippen molar-refractivity contribution in [1.82, 2.24) is 5.32 Å². The second-order valence-corrected chi connectivity index (χ2v) is 5.84. The number of fused-ring (bicyclic) bond motifs is 1. The molecule has 2 aromatic rings. The fraction of sp³-hybridized carbons (Fsp3) is 0.263. The SMILES string of the molecule is CC(NC(=O)c1ccc2c(c1)N(C)C(=O)CCO2)c1ccccc1. The zero-order valence-electron chi connectivity index (χ0n) is 13.8. The lowest BCUT2D eigenvalue weighted by Gasteiger charge is -2.18. The van der Waals surface area contributed by atoms with Crippen LogP contribution in [0, 0.1) is 0 Å². The molecule has 0 bridgehead atoms. The minimum Gasteiger partial charge on any atom is -0.491 e. The van der Waals surface area contributed by atoms with Crippen LogP contribution < -0.4 is 15.0 Å². The van der Waals surface area contributed by atoms with Gasteiger partial charge in [-0.25, -0.2) is 0 Å². The highest BCUT2D eigenvalue weighted by Crippen LogP contribution is 2.31. The lowest BCUT2D eigenvalue weighted by atomic mass is 10.1. The topological polar surface area (TPSA) is 58.6 Å². The highest BCUT2D eigenvalue weighted by atomic mass is 16.5. The van der Waals surface area contributed by atoms with Gasteiger partial charge in [0.25, 0.3) is 5.91 Å². The van der Waals surface area contributed by atoms with Crippen LogP contribution in [-0.2, 0) is 4.79 Å². The van der Waals surface area contributed by atoms with Crippen molar-refractivity contribution in [2.45, 2.75) is 19.4 Å². The molecule has 1 heterocycles. The van der Waals surface area contributed by atoms with E-state index in [4.69, 9.17) is 4.74 Å². The summed E-state index contributed by atoms with van der Waals surface area (Å²) in [5, 5.41) is 2.98. The van der Waals surface area contributed by atoms with Gasteiger partial charge in [0.2, 0.25) is 5.91 Å². The maximum atomic E-state index is 12.5. The molecule has 0 spiro atoms. The Morgan fingerprint density at radius 1 is 1.21 bits per heavy atom. The summed E-state index contributed by atoms with van der Waals surface area (Å²) in [7, 11) is 1.70. The minimum atomic E-state index is -0.181. The van der Waals surface area contributed by atoms with Crippen LogP contribution in [0.2, 0.25) is 0 Å². The van der Waals surface area contributed by atoms with Gasteiger partial charge in [0, 0.05) is 12.6 Å². The number of carbonyl (C=O) groups is 2.